The summed E-state index contributed by atoms with van der Waals surface area (Å²) in [5.74, 6) is -4.38. The van der Waals surface area contributed by atoms with Crippen molar-refractivity contribution in [3.05, 3.63) is 35.1 Å². The standard InChI is InChI=1S/C16H22F3NO4S/c1-4-7-16(2,3)24-15(21)6-5-14(20-25(22)23)10-8-12(18)13(19)9-11(10)17/h8-9,14,25H,4-7H2,1-3H3,(H,20,22,23)/t14-/m1/s1. The Morgan fingerprint density at radius 2 is 1.80 bits per heavy atom. The lowest BCUT2D eigenvalue weighted by Crippen LogP contribution is -2.29. The van der Waals surface area contributed by atoms with Crippen LogP contribution in [0.25, 0.3) is 0 Å². The predicted octanol–water partition coefficient (Wildman–Crippen LogP) is 3.16. The van der Waals surface area contributed by atoms with E-state index in [1.807, 2.05) is 11.6 Å². The number of carbonyl (C=O) groups excluding carboxylic acids is 1. The van der Waals surface area contributed by atoms with Crippen LogP contribution in [-0.2, 0) is 20.4 Å². The molecule has 0 aliphatic carbocycles. The fraction of sp³-hybridized carbons (Fsp3) is 0.562. The molecule has 0 heterocycles. The van der Waals surface area contributed by atoms with E-state index >= 15 is 0 Å². The summed E-state index contributed by atoms with van der Waals surface area (Å²) in [4.78, 5) is 11.9. The van der Waals surface area contributed by atoms with Crippen LogP contribution in [0, 0.1) is 17.5 Å². The quantitative estimate of drug-likeness (QED) is 0.392. The largest absolute Gasteiger partial charge is 0.460 e. The number of esters is 1. The van der Waals surface area contributed by atoms with Crippen LogP contribution in [0.5, 0.6) is 0 Å². The second-order valence-electron chi connectivity index (χ2n) is 6.25. The Hall–Kier alpha value is -1.61. The molecule has 9 heteroatoms. The van der Waals surface area contributed by atoms with Crippen LogP contribution < -0.4 is 4.72 Å². The van der Waals surface area contributed by atoms with Crippen LogP contribution in [-0.4, -0.2) is 20.0 Å². The van der Waals surface area contributed by atoms with Crippen LogP contribution in [0.3, 0.4) is 0 Å². The molecule has 0 fully saturated rings. The number of hydrogen-bond acceptors (Lipinski definition) is 4. The molecule has 0 aromatic heterocycles. The Balaban J connectivity index is 2.88. The molecule has 0 spiro atoms. The average molecular weight is 381 g/mol. The summed E-state index contributed by atoms with van der Waals surface area (Å²) in [6, 6.07) is -0.300. The summed E-state index contributed by atoms with van der Waals surface area (Å²) in [5, 5.41) is 0. The molecular formula is C16H22F3NO4S. The molecule has 1 atom stereocenters. The second-order valence-corrected chi connectivity index (χ2v) is 7.02. The number of carbonyl (C=O) groups is 1. The SMILES string of the molecule is CCCC(C)(C)OC(=O)CC[C@@H](N[SH](=O)=O)c1cc(F)c(F)cc1F. The van der Waals surface area contributed by atoms with Crippen molar-refractivity contribution in [1.82, 2.24) is 4.72 Å². The number of benzene rings is 1. The summed E-state index contributed by atoms with van der Waals surface area (Å²) in [6.45, 7) is 5.42. The first-order chi connectivity index (χ1) is 11.6. The van der Waals surface area contributed by atoms with Crippen molar-refractivity contribution in [2.45, 2.75) is 58.1 Å². The van der Waals surface area contributed by atoms with Crippen LogP contribution in [0.2, 0.25) is 0 Å². The van der Waals surface area contributed by atoms with Crippen molar-refractivity contribution in [3.8, 4) is 0 Å². The van der Waals surface area contributed by atoms with E-state index in [1.165, 1.54) is 0 Å². The van der Waals surface area contributed by atoms with Crippen LogP contribution >= 0.6 is 0 Å². The van der Waals surface area contributed by atoms with E-state index in [0.717, 1.165) is 6.42 Å². The molecular weight excluding hydrogens is 359 g/mol. The summed E-state index contributed by atoms with van der Waals surface area (Å²) < 4.78 is 69.4. The first-order valence-electron chi connectivity index (χ1n) is 7.82. The van der Waals surface area contributed by atoms with Gasteiger partial charge in [0.15, 0.2) is 11.6 Å². The molecule has 1 rings (SSSR count). The lowest BCUT2D eigenvalue weighted by Gasteiger charge is -2.25. The Morgan fingerprint density at radius 1 is 1.20 bits per heavy atom. The van der Waals surface area contributed by atoms with Gasteiger partial charge in [0.1, 0.15) is 11.4 Å². The normalized spacial score (nSPS) is 13.1. The summed E-state index contributed by atoms with van der Waals surface area (Å²) in [5.41, 5.74) is -1.05. The number of rotatable bonds is 9. The molecule has 1 N–H and O–H groups in total. The van der Waals surface area contributed by atoms with Crippen LogP contribution in [0.4, 0.5) is 13.2 Å². The summed E-state index contributed by atoms with van der Waals surface area (Å²) >= 11 is 0. The molecule has 25 heavy (non-hydrogen) atoms. The topological polar surface area (TPSA) is 72.5 Å². The Labute approximate surface area is 146 Å². The number of nitrogens with one attached hydrogen (secondary N) is 1. The van der Waals surface area contributed by atoms with E-state index in [2.05, 4.69) is 0 Å². The first-order valence-corrected chi connectivity index (χ1v) is 9.00. The number of ether oxygens (including phenoxy) is 1. The fourth-order valence-electron chi connectivity index (χ4n) is 2.50. The van der Waals surface area contributed by atoms with Gasteiger partial charge in [-0.05, 0) is 32.8 Å². The zero-order valence-electron chi connectivity index (χ0n) is 14.3. The smallest absolute Gasteiger partial charge is 0.306 e. The minimum Gasteiger partial charge on any atom is -0.460 e. The van der Waals surface area contributed by atoms with Crippen molar-refractivity contribution < 1.29 is 31.1 Å². The molecule has 0 radical (unpaired) electrons. The Kier molecular flexibility index (Phi) is 7.88. The minimum absolute atomic E-state index is 0.160. The van der Waals surface area contributed by atoms with Gasteiger partial charge in [-0.25, -0.2) is 26.3 Å². The second kappa shape index (κ2) is 9.19. The highest BCUT2D eigenvalue weighted by atomic mass is 32.2. The van der Waals surface area contributed by atoms with Gasteiger partial charge in [-0.2, -0.15) is 0 Å². The molecule has 0 aliphatic rings. The van der Waals surface area contributed by atoms with Crippen molar-refractivity contribution in [3.63, 3.8) is 0 Å². The highest BCUT2D eigenvalue weighted by Gasteiger charge is 2.24. The third-order valence-corrected chi connectivity index (χ3v) is 4.08. The molecule has 0 amide bonds. The zero-order valence-corrected chi connectivity index (χ0v) is 15.2. The van der Waals surface area contributed by atoms with E-state index in [0.29, 0.717) is 18.6 Å². The van der Waals surface area contributed by atoms with Crippen molar-refractivity contribution >= 4 is 16.9 Å². The third kappa shape index (κ3) is 7.03. The maximum atomic E-state index is 13.9. The van der Waals surface area contributed by atoms with Crippen molar-refractivity contribution in [2.75, 3.05) is 0 Å². The Morgan fingerprint density at radius 3 is 2.36 bits per heavy atom. The predicted molar refractivity (Wildman–Crippen MR) is 86.8 cm³/mol. The van der Waals surface area contributed by atoms with Gasteiger partial charge in [0.2, 0.25) is 10.9 Å². The minimum atomic E-state index is -3.14. The Bertz CT molecular complexity index is 684. The van der Waals surface area contributed by atoms with Crippen LogP contribution in [0.1, 0.15) is 58.1 Å². The van der Waals surface area contributed by atoms with E-state index < -0.39 is 46.0 Å². The zero-order chi connectivity index (χ0) is 19.2. The van der Waals surface area contributed by atoms with Gasteiger partial charge in [0.25, 0.3) is 0 Å². The van der Waals surface area contributed by atoms with Gasteiger partial charge >= 0.3 is 5.97 Å². The van der Waals surface area contributed by atoms with Gasteiger partial charge in [-0.3, -0.25) is 4.79 Å². The van der Waals surface area contributed by atoms with Gasteiger partial charge in [-0.15, -0.1) is 0 Å². The van der Waals surface area contributed by atoms with E-state index in [9.17, 15) is 26.4 Å². The van der Waals surface area contributed by atoms with Gasteiger partial charge in [-0.1, -0.05) is 13.3 Å². The maximum Gasteiger partial charge on any atom is 0.306 e. The molecule has 5 nitrogen and oxygen atoms in total. The molecule has 0 bridgehead atoms. The molecule has 1 aromatic rings. The van der Waals surface area contributed by atoms with Gasteiger partial charge in [0, 0.05) is 24.1 Å². The molecule has 142 valence electrons. The monoisotopic (exact) mass is 381 g/mol. The highest BCUT2D eigenvalue weighted by molar-refractivity contribution is 7.70. The van der Waals surface area contributed by atoms with E-state index in [1.54, 1.807) is 13.8 Å². The molecule has 0 saturated carbocycles. The molecule has 1 aromatic carbocycles. The fourth-order valence-corrected chi connectivity index (χ4v) is 3.02. The summed E-state index contributed by atoms with van der Waals surface area (Å²) in [7, 11) is -3.14. The average Bonchev–Trinajstić information content (AvgIpc) is 2.46. The molecule has 0 aliphatic heterocycles. The summed E-state index contributed by atoms with van der Waals surface area (Å²) in [6.07, 6.45) is 1.07. The number of halogens is 3. The molecule has 0 saturated heterocycles. The maximum absolute atomic E-state index is 13.9. The third-order valence-electron chi connectivity index (χ3n) is 3.56. The van der Waals surface area contributed by atoms with Crippen molar-refractivity contribution in [2.24, 2.45) is 0 Å². The van der Waals surface area contributed by atoms with Crippen molar-refractivity contribution in [1.29, 1.82) is 0 Å². The van der Waals surface area contributed by atoms with Crippen LogP contribution in [0.15, 0.2) is 12.1 Å². The number of thiol groups is 1. The van der Waals surface area contributed by atoms with Gasteiger partial charge in [0.05, 0.1) is 0 Å². The van der Waals surface area contributed by atoms with E-state index in [4.69, 9.17) is 4.74 Å². The number of hydrogen-bond donors (Lipinski definition) is 2. The van der Waals surface area contributed by atoms with E-state index in [-0.39, 0.29) is 18.4 Å². The highest BCUT2D eigenvalue weighted by Crippen LogP contribution is 2.25. The first kappa shape index (κ1) is 21.4. The van der Waals surface area contributed by atoms with Gasteiger partial charge < -0.3 is 4.74 Å². The lowest BCUT2D eigenvalue weighted by atomic mass is 10.0. The lowest BCUT2D eigenvalue weighted by molar-refractivity contribution is -0.157. The molecule has 0 unspecified atom stereocenters.